The number of rotatable bonds is 4. The number of aromatic nitrogens is 2. The second-order valence-electron chi connectivity index (χ2n) is 4.08. The van der Waals surface area contributed by atoms with Gasteiger partial charge in [0, 0.05) is 31.5 Å². The lowest BCUT2D eigenvalue weighted by atomic mass is 10.3. The molecule has 4 nitrogen and oxygen atoms in total. The highest BCUT2D eigenvalue weighted by atomic mass is 15.2. The predicted molar refractivity (Wildman–Crippen MR) is 61.9 cm³/mol. The van der Waals surface area contributed by atoms with E-state index < -0.39 is 0 Å². The van der Waals surface area contributed by atoms with Gasteiger partial charge in [-0.15, -0.1) is 6.58 Å². The highest BCUT2D eigenvalue weighted by molar-refractivity contribution is 5.28. The molecule has 0 bridgehead atoms. The Hall–Kier alpha value is -1.29. The summed E-state index contributed by atoms with van der Waals surface area (Å²) in [6.45, 7) is 6.81. The van der Waals surface area contributed by atoms with Crippen molar-refractivity contribution >= 4 is 5.95 Å². The molecule has 1 saturated heterocycles. The van der Waals surface area contributed by atoms with Gasteiger partial charge >= 0.3 is 0 Å². The first-order chi connectivity index (χ1) is 7.29. The zero-order valence-electron chi connectivity index (χ0n) is 9.19. The largest absolute Gasteiger partial charge is 0.352 e. The van der Waals surface area contributed by atoms with E-state index in [1.807, 2.05) is 18.5 Å². The van der Waals surface area contributed by atoms with Crippen molar-refractivity contribution in [2.45, 2.75) is 19.0 Å². The number of hydrogen-bond acceptors (Lipinski definition) is 3. The summed E-state index contributed by atoms with van der Waals surface area (Å²) in [6, 6.07) is 0.529. The first-order valence-corrected chi connectivity index (χ1v) is 5.36. The topological polar surface area (TPSA) is 33.1 Å². The minimum absolute atomic E-state index is 0.529. The lowest BCUT2D eigenvalue weighted by Crippen LogP contribution is -2.25. The van der Waals surface area contributed by atoms with Crippen molar-refractivity contribution in [3.63, 3.8) is 0 Å². The van der Waals surface area contributed by atoms with Crippen LogP contribution in [-0.4, -0.2) is 40.6 Å². The fraction of sp³-hybridized carbons (Fsp3) is 0.545. The molecule has 4 heteroatoms. The van der Waals surface area contributed by atoms with Gasteiger partial charge in [0.25, 0.3) is 0 Å². The molecule has 0 saturated carbocycles. The Morgan fingerprint density at radius 3 is 3.27 bits per heavy atom. The molecule has 0 spiro atoms. The standard InChI is InChI=1S/C11H18N4/c1-3-6-15-8-5-12-11(15)13-10-4-7-14(2)9-10/h3,5,8,10H,1,4,6-7,9H2,2H3,(H,12,13). The zero-order chi connectivity index (χ0) is 10.7. The van der Waals surface area contributed by atoms with Gasteiger partial charge in [0.1, 0.15) is 0 Å². The number of nitrogens with one attached hydrogen (secondary N) is 1. The Morgan fingerprint density at radius 1 is 1.73 bits per heavy atom. The van der Waals surface area contributed by atoms with Crippen LogP contribution < -0.4 is 5.32 Å². The molecule has 2 rings (SSSR count). The number of anilines is 1. The van der Waals surface area contributed by atoms with E-state index in [0.29, 0.717) is 6.04 Å². The third-order valence-corrected chi connectivity index (χ3v) is 2.77. The molecular weight excluding hydrogens is 188 g/mol. The van der Waals surface area contributed by atoms with E-state index >= 15 is 0 Å². The zero-order valence-corrected chi connectivity index (χ0v) is 9.19. The monoisotopic (exact) mass is 206 g/mol. The third-order valence-electron chi connectivity index (χ3n) is 2.77. The van der Waals surface area contributed by atoms with Gasteiger partial charge in [0.05, 0.1) is 0 Å². The molecule has 1 N–H and O–H groups in total. The fourth-order valence-corrected chi connectivity index (χ4v) is 1.97. The number of imidazole rings is 1. The van der Waals surface area contributed by atoms with Crippen molar-refractivity contribution in [1.29, 1.82) is 0 Å². The van der Waals surface area contributed by atoms with Crippen LogP contribution in [0.5, 0.6) is 0 Å². The van der Waals surface area contributed by atoms with Crippen molar-refractivity contribution in [2.75, 3.05) is 25.5 Å². The van der Waals surface area contributed by atoms with E-state index in [1.165, 1.54) is 13.0 Å². The fourth-order valence-electron chi connectivity index (χ4n) is 1.97. The molecule has 15 heavy (non-hydrogen) atoms. The Labute approximate surface area is 90.6 Å². The van der Waals surface area contributed by atoms with Gasteiger partial charge in [-0.3, -0.25) is 0 Å². The van der Waals surface area contributed by atoms with E-state index in [-0.39, 0.29) is 0 Å². The van der Waals surface area contributed by atoms with Crippen LogP contribution in [0.2, 0.25) is 0 Å². The molecule has 1 unspecified atom stereocenters. The van der Waals surface area contributed by atoms with Crippen LogP contribution in [-0.2, 0) is 6.54 Å². The second-order valence-corrected chi connectivity index (χ2v) is 4.08. The average Bonchev–Trinajstić information content (AvgIpc) is 2.78. The summed E-state index contributed by atoms with van der Waals surface area (Å²) < 4.78 is 2.07. The highest BCUT2D eigenvalue weighted by Crippen LogP contribution is 2.13. The van der Waals surface area contributed by atoms with E-state index in [2.05, 4.69) is 33.4 Å². The summed E-state index contributed by atoms with van der Waals surface area (Å²) >= 11 is 0. The van der Waals surface area contributed by atoms with Crippen LogP contribution in [0.3, 0.4) is 0 Å². The summed E-state index contributed by atoms with van der Waals surface area (Å²) in [7, 11) is 2.15. The molecule has 0 amide bonds. The first-order valence-electron chi connectivity index (χ1n) is 5.36. The lowest BCUT2D eigenvalue weighted by molar-refractivity contribution is 0.413. The van der Waals surface area contributed by atoms with Crippen LogP contribution in [0, 0.1) is 0 Å². The van der Waals surface area contributed by atoms with E-state index in [0.717, 1.165) is 19.0 Å². The Balaban J connectivity index is 1.97. The van der Waals surface area contributed by atoms with Gasteiger partial charge in [-0.1, -0.05) is 6.08 Å². The van der Waals surface area contributed by atoms with Crippen LogP contribution in [0.1, 0.15) is 6.42 Å². The maximum absolute atomic E-state index is 4.31. The lowest BCUT2D eigenvalue weighted by Gasteiger charge is -2.14. The van der Waals surface area contributed by atoms with Gasteiger partial charge in [-0.2, -0.15) is 0 Å². The highest BCUT2D eigenvalue weighted by Gasteiger charge is 2.20. The van der Waals surface area contributed by atoms with Gasteiger partial charge in [0.15, 0.2) is 0 Å². The average molecular weight is 206 g/mol. The molecule has 1 aliphatic rings. The van der Waals surface area contributed by atoms with Crippen LogP contribution >= 0.6 is 0 Å². The van der Waals surface area contributed by atoms with Crippen molar-refractivity contribution in [1.82, 2.24) is 14.5 Å². The number of allylic oxidation sites excluding steroid dienone is 1. The normalized spacial score (nSPS) is 21.8. The summed E-state index contributed by atoms with van der Waals surface area (Å²) in [6.07, 6.45) is 6.87. The molecule has 1 aliphatic heterocycles. The summed E-state index contributed by atoms with van der Waals surface area (Å²) in [5.41, 5.74) is 0. The number of nitrogens with zero attached hydrogens (tertiary/aromatic N) is 3. The van der Waals surface area contributed by atoms with Crippen molar-refractivity contribution in [3.8, 4) is 0 Å². The second kappa shape index (κ2) is 4.49. The van der Waals surface area contributed by atoms with E-state index in [4.69, 9.17) is 0 Å². The van der Waals surface area contributed by atoms with Crippen molar-refractivity contribution in [2.24, 2.45) is 0 Å². The molecule has 1 atom stereocenters. The smallest absolute Gasteiger partial charge is 0.203 e. The molecule has 0 radical (unpaired) electrons. The summed E-state index contributed by atoms with van der Waals surface area (Å²) in [4.78, 5) is 6.64. The molecule has 1 aromatic heterocycles. The van der Waals surface area contributed by atoms with Crippen LogP contribution in [0.4, 0.5) is 5.95 Å². The van der Waals surface area contributed by atoms with Crippen LogP contribution in [0.25, 0.3) is 0 Å². The number of likely N-dealkylation sites (tertiary alicyclic amines) is 1. The van der Waals surface area contributed by atoms with Crippen molar-refractivity contribution < 1.29 is 0 Å². The molecule has 0 aliphatic carbocycles. The molecule has 1 aromatic rings. The van der Waals surface area contributed by atoms with Gasteiger partial charge in [0.2, 0.25) is 5.95 Å². The van der Waals surface area contributed by atoms with E-state index in [1.54, 1.807) is 0 Å². The van der Waals surface area contributed by atoms with E-state index in [9.17, 15) is 0 Å². The van der Waals surface area contributed by atoms with Gasteiger partial charge in [-0.05, 0) is 20.0 Å². The molecular formula is C11H18N4. The Morgan fingerprint density at radius 2 is 2.60 bits per heavy atom. The number of hydrogen-bond donors (Lipinski definition) is 1. The van der Waals surface area contributed by atoms with Crippen LogP contribution in [0.15, 0.2) is 25.0 Å². The summed E-state index contributed by atoms with van der Waals surface area (Å²) in [5.74, 6) is 0.954. The predicted octanol–water partition coefficient (Wildman–Crippen LogP) is 1.19. The van der Waals surface area contributed by atoms with Crippen molar-refractivity contribution in [3.05, 3.63) is 25.0 Å². The molecule has 1 fully saturated rings. The maximum Gasteiger partial charge on any atom is 0.203 e. The van der Waals surface area contributed by atoms with Gasteiger partial charge in [-0.25, -0.2) is 4.98 Å². The maximum atomic E-state index is 4.31. The molecule has 2 heterocycles. The number of likely N-dealkylation sites (N-methyl/N-ethyl adjacent to an activating group) is 1. The Bertz CT molecular complexity index is 331. The molecule has 82 valence electrons. The quantitative estimate of drug-likeness (QED) is 0.751. The Kier molecular flexibility index (Phi) is 3.06. The van der Waals surface area contributed by atoms with Gasteiger partial charge < -0.3 is 14.8 Å². The SMILES string of the molecule is C=CCn1ccnc1NC1CCN(C)C1. The minimum atomic E-state index is 0.529. The minimum Gasteiger partial charge on any atom is -0.352 e. The third kappa shape index (κ3) is 2.39. The first kappa shape index (κ1) is 10.2. The molecule has 0 aromatic carbocycles. The summed E-state index contributed by atoms with van der Waals surface area (Å²) in [5, 5.41) is 3.47.